The molecule has 0 fully saturated rings. The van der Waals surface area contributed by atoms with Gasteiger partial charge in [0.25, 0.3) is 0 Å². The summed E-state index contributed by atoms with van der Waals surface area (Å²) in [5.74, 6) is 1.98. The summed E-state index contributed by atoms with van der Waals surface area (Å²) < 4.78 is 10.8. The number of hydrogen-bond acceptors (Lipinski definition) is 4. The highest BCUT2D eigenvalue weighted by atomic mass is 16.5. The van der Waals surface area contributed by atoms with Crippen molar-refractivity contribution in [2.45, 2.75) is 195 Å². The predicted octanol–water partition coefficient (Wildman–Crippen LogP) is 11.8. The highest BCUT2D eigenvalue weighted by Gasteiger charge is 2.10. The van der Waals surface area contributed by atoms with Crippen molar-refractivity contribution in [2.75, 3.05) is 13.2 Å². The summed E-state index contributed by atoms with van der Waals surface area (Å²) in [6, 6.07) is 0. The molecule has 0 rings (SSSR count). The van der Waals surface area contributed by atoms with Gasteiger partial charge in [-0.3, -0.25) is 9.59 Å². The molecule has 0 saturated carbocycles. The summed E-state index contributed by atoms with van der Waals surface area (Å²) in [5, 5.41) is 0. The van der Waals surface area contributed by atoms with Crippen LogP contribution in [0.3, 0.4) is 0 Å². The fraction of sp³-hybridized carbons (Fsp3) is 0.946. The van der Waals surface area contributed by atoms with Crippen molar-refractivity contribution in [1.82, 2.24) is 0 Å². The van der Waals surface area contributed by atoms with Gasteiger partial charge in [0.05, 0.1) is 13.2 Å². The lowest BCUT2D eigenvalue weighted by atomic mass is 9.98. The number of unbranched alkanes of at least 4 members (excludes halogenated alkanes) is 17. The minimum atomic E-state index is -0.00294. The van der Waals surface area contributed by atoms with E-state index >= 15 is 0 Å². The van der Waals surface area contributed by atoms with Crippen molar-refractivity contribution in [3.8, 4) is 0 Å². The molecule has 41 heavy (non-hydrogen) atoms. The van der Waals surface area contributed by atoms with Gasteiger partial charge in [-0.1, -0.05) is 163 Å². The molecule has 0 aromatic carbocycles. The molecule has 0 aliphatic carbocycles. The lowest BCUT2D eigenvalue weighted by molar-refractivity contribution is -0.145. The van der Waals surface area contributed by atoms with Crippen LogP contribution >= 0.6 is 0 Å². The molecule has 0 heterocycles. The molecule has 0 bridgehead atoms. The van der Waals surface area contributed by atoms with Crippen molar-refractivity contribution < 1.29 is 19.1 Å². The van der Waals surface area contributed by atoms with E-state index in [2.05, 4.69) is 34.6 Å². The summed E-state index contributed by atoms with van der Waals surface area (Å²) in [5.41, 5.74) is 0. The van der Waals surface area contributed by atoms with Gasteiger partial charge in [0.15, 0.2) is 0 Å². The van der Waals surface area contributed by atoms with Crippen LogP contribution in [0.15, 0.2) is 0 Å². The maximum atomic E-state index is 12.0. The molecule has 1 atom stereocenters. The zero-order valence-electron chi connectivity index (χ0n) is 28.5. The molecule has 0 aromatic heterocycles. The van der Waals surface area contributed by atoms with Gasteiger partial charge in [0.2, 0.25) is 0 Å². The van der Waals surface area contributed by atoms with Crippen LogP contribution in [0.25, 0.3) is 0 Å². The summed E-state index contributed by atoms with van der Waals surface area (Å²) in [6.45, 7) is 12.4. The van der Waals surface area contributed by atoms with Gasteiger partial charge in [0.1, 0.15) is 0 Å². The zero-order chi connectivity index (χ0) is 30.4. The minimum Gasteiger partial charge on any atom is -0.466 e. The van der Waals surface area contributed by atoms with Gasteiger partial charge in [-0.2, -0.15) is 0 Å². The Hall–Kier alpha value is -1.06. The molecule has 1 unspecified atom stereocenters. The Morgan fingerprint density at radius 2 is 0.756 bits per heavy atom. The first-order chi connectivity index (χ1) is 19.8. The van der Waals surface area contributed by atoms with Gasteiger partial charge >= 0.3 is 11.9 Å². The number of rotatable bonds is 31. The molecular weight excluding hydrogens is 508 g/mol. The Labute approximate surface area is 256 Å². The lowest BCUT2D eigenvalue weighted by Gasteiger charge is -2.11. The SMILES string of the molecule is CC(C)CCCCCOC(=O)CCCCCCCCCCCCCCCCC(C)CC(=O)OCCCCCC(C)C. The Balaban J connectivity index is 3.29. The van der Waals surface area contributed by atoms with E-state index in [0.29, 0.717) is 32.0 Å². The molecule has 0 N–H and O–H groups in total. The topological polar surface area (TPSA) is 52.6 Å². The summed E-state index contributed by atoms with van der Waals surface area (Å²) in [7, 11) is 0. The molecule has 244 valence electrons. The standard InChI is InChI=1S/C37H72O4/c1-33(2)26-20-18-24-30-40-36(38)29-23-17-15-13-11-9-7-6-8-10-12-14-16-22-28-35(5)32-37(39)41-31-25-19-21-27-34(3)4/h33-35H,6-32H2,1-5H3. The molecule has 0 aromatic rings. The van der Waals surface area contributed by atoms with E-state index in [1.807, 2.05) is 0 Å². The van der Waals surface area contributed by atoms with Crippen molar-refractivity contribution in [3.05, 3.63) is 0 Å². The van der Waals surface area contributed by atoms with Crippen LogP contribution in [0.2, 0.25) is 0 Å². The number of carbonyl (C=O) groups excluding carboxylic acids is 2. The van der Waals surface area contributed by atoms with E-state index < -0.39 is 0 Å². The van der Waals surface area contributed by atoms with Crippen LogP contribution in [0.5, 0.6) is 0 Å². The highest BCUT2D eigenvalue weighted by Crippen LogP contribution is 2.17. The first kappa shape index (κ1) is 39.9. The molecule has 0 amide bonds. The monoisotopic (exact) mass is 581 g/mol. The van der Waals surface area contributed by atoms with Crippen LogP contribution in [-0.4, -0.2) is 25.2 Å². The summed E-state index contributed by atoms with van der Waals surface area (Å²) in [6.07, 6.45) is 29.8. The maximum Gasteiger partial charge on any atom is 0.306 e. The Morgan fingerprint density at radius 3 is 1.20 bits per heavy atom. The molecule has 0 aliphatic rings. The average Bonchev–Trinajstić information content (AvgIpc) is 2.91. The van der Waals surface area contributed by atoms with Crippen molar-refractivity contribution in [2.24, 2.45) is 17.8 Å². The third-order valence-corrected chi connectivity index (χ3v) is 8.22. The largest absolute Gasteiger partial charge is 0.466 e. The van der Waals surface area contributed by atoms with Gasteiger partial charge in [-0.05, 0) is 37.0 Å². The summed E-state index contributed by atoms with van der Waals surface area (Å²) >= 11 is 0. The quantitative estimate of drug-likeness (QED) is 0.0604. The lowest BCUT2D eigenvalue weighted by Crippen LogP contribution is -2.10. The number of hydrogen-bond donors (Lipinski definition) is 0. The molecule has 0 saturated heterocycles. The van der Waals surface area contributed by atoms with Gasteiger partial charge in [-0.15, -0.1) is 0 Å². The molecular formula is C37H72O4. The van der Waals surface area contributed by atoms with E-state index in [1.54, 1.807) is 0 Å². The highest BCUT2D eigenvalue weighted by molar-refractivity contribution is 5.69. The molecule has 0 radical (unpaired) electrons. The Morgan fingerprint density at radius 1 is 0.415 bits per heavy atom. The van der Waals surface area contributed by atoms with Crippen LogP contribution in [-0.2, 0) is 19.1 Å². The average molecular weight is 581 g/mol. The smallest absolute Gasteiger partial charge is 0.306 e. The molecule has 4 heteroatoms. The maximum absolute atomic E-state index is 12.0. The van der Waals surface area contributed by atoms with E-state index in [9.17, 15) is 9.59 Å². The number of esters is 2. The Kier molecular flexibility index (Phi) is 29.6. The van der Waals surface area contributed by atoms with Crippen molar-refractivity contribution in [3.63, 3.8) is 0 Å². The third-order valence-electron chi connectivity index (χ3n) is 8.22. The fourth-order valence-electron chi connectivity index (χ4n) is 5.44. The van der Waals surface area contributed by atoms with Crippen LogP contribution in [0.1, 0.15) is 195 Å². The van der Waals surface area contributed by atoms with E-state index in [1.165, 1.54) is 116 Å². The first-order valence-corrected chi connectivity index (χ1v) is 18.1. The predicted molar refractivity (Wildman–Crippen MR) is 176 cm³/mol. The number of ether oxygens (including phenoxy) is 2. The second-order valence-corrected chi connectivity index (χ2v) is 13.7. The fourth-order valence-corrected chi connectivity index (χ4v) is 5.44. The minimum absolute atomic E-state index is 0.00104. The normalized spacial score (nSPS) is 12.3. The number of carbonyl (C=O) groups is 2. The van der Waals surface area contributed by atoms with E-state index in [4.69, 9.17) is 9.47 Å². The van der Waals surface area contributed by atoms with Crippen molar-refractivity contribution >= 4 is 11.9 Å². The molecule has 4 nitrogen and oxygen atoms in total. The van der Waals surface area contributed by atoms with Gasteiger partial charge in [-0.25, -0.2) is 0 Å². The third kappa shape index (κ3) is 33.3. The van der Waals surface area contributed by atoms with E-state index in [0.717, 1.165) is 43.9 Å². The second kappa shape index (κ2) is 30.4. The molecule has 0 spiro atoms. The summed E-state index contributed by atoms with van der Waals surface area (Å²) in [4.78, 5) is 23.8. The van der Waals surface area contributed by atoms with Gasteiger partial charge in [0, 0.05) is 12.8 Å². The van der Waals surface area contributed by atoms with Crippen molar-refractivity contribution in [1.29, 1.82) is 0 Å². The van der Waals surface area contributed by atoms with Gasteiger partial charge < -0.3 is 9.47 Å². The van der Waals surface area contributed by atoms with Crippen LogP contribution in [0, 0.1) is 17.8 Å². The second-order valence-electron chi connectivity index (χ2n) is 13.7. The van der Waals surface area contributed by atoms with Crippen LogP contribution in [0.4, 0.5) is 0 Å². The molecule has 0 aliphatic heterocycles. The Bertz CT molecular complexity index is 571. The zero-order valence-corrected chi connectivity index (χ0v) is 28.5. The van der Waals surface area contributed by atoms with Crippen LogP contribution < -0.4 is 0 Å². The first-order valence-electron chi connectivity index (χ1n) is 18.1. The van der Waals surface area contributed by atoms with E-state index in [-0.39, 0.29) is 11.9 Å².